The van der Waals surface area contributed by atoms with E-state index in [1.165, 1.54) is 11.6 Å². The van der Waals surface area contributed by atoms with E-state index in [4.69, 9.17) is 4.74 Å². The van der Waals surface area contributed by atoms with Gasteiger partial charge in [-0.2, -0.15) is 0 Å². The van der Waals surface area contributed by atoms with Crippen molar-refractivity contribution >= 4 is 21.9 Å². The molecule has 0 aromatic heterocycles. The molecule has 2 aromatic carbocycles. The standard InChI is InChI=1S/C17H17BrO3/c1-11(2)12-4-3-5-15(8-12)21-10-13-6-7-14(18)9-16(13)17(19)20/h3-9,11H,10H2,1-2H3,(H,19,20)/p-1. The Hall–Kier alpha value is -1.81. The molecule has 0 atom stereocenters. The molecule has 0 heterocycles. The lowest BCUT2D eigenvalue weighted by Crippen LogP contribution is -2.24. The fraction of sp³-hybridized carbons (Fsp3) is 0.235. The highest BCUT2D eigenvalue weighted by Crippen LogP contribution is 2.22. The highest BCUT2D eigenvalue weighted by molar-refractivity contribution is 9.10. The van der Waals surface area contributed by atoms with Gasteiger partial charge in [-0.25, -0.2) is 0 Å². The van der Waals surface area contributed by atoms with Gasteiger partial charge in [-0.15, -0.1) is 0 Å². The molecule has 0 fully saturated rings. The molecule has 0 aliphatic heterocycles. The van der Waals surface area contributed by atoms with Gasteiger partial charge in [0.25, 0.3) is 0 Å². The zero-order valence-electron chi connectivity index (χ0n) is 11.9. The fourth-order valence-corrected chi connectivity index (χ4v) is 2.35. The Bertz CT molecular complexity index is 650. The monoisotopic (exact) mass is 347 g/mol. The Morgan fingerprint density at radius 1 is 1.24 bits per heavy atom. The van der Waals surface area contributed by atoms with Crippen molar-refractivity contribution in [2.24, 2.45) is 0 Å². The van der Waals surface area contributed by atoms with Crippen LogP contribution in [0.5, 0.6) is 5.75 Å². The van der Waals surface area contributed by atoms with Crippen molar-refractivity contribution in [2.75, 3.05) is 0 Å². The highest BCUT2D eigenvalue weighted by atomic mass is 79.9. The number of carboxylic acid groups (broad SMARTS) is 1. The minimum absolute atomic E-state index is 0.143. The lowest BCUT2D eigenvalue weighted by molar-refractivity contribution is -0.255. The fourth-order valence-electron chi connectivity index (χ4n) is 1.99. The highest BCUT2D eigenvalue weighted by Gasteiger charge is 2.06. The van der Waals surface area contributed by atoms with E-state index in [0.29, 0.717) is 16.0 Å². The average molecular weight is 348 g/mol. The molecule has 110 valence electrons. The summed E-state index contributed by atoms with van der Waals surface area (Å²) in [6.45, 7) is 4.42. The van der Waals surface area contributed by atoms with Gasteiger partial charge in [0.15, 0.2) is 0 Å². The van der Waals surface area contributed by atoms with Crippen molar-refractivity contribution in [3.63, 3.8) is 0 Å². The number of aromatic carboxylic acids is 1. The molecule has 0 amide bonds. The molecular weight excluding hydrogens is 332 g/mol. The Morgan fingerprint density at radius 2 is 2.00 bits per heavy atom. The Balaban J connectivity index is 2.17. The second kappa shape index (κ2) is 6.76. The van der Waals surface area contributed by atoms with Crippen LogP contribution < -0.4 is 9.84 Å². The SMILES string of the molecule is CC(C)c1cccc(OCc2ccc(Br)cc2C(=O)[O-])c1. The lowest BCUT2D eigenvalue weighted by Gasteiger charge is -2.13. The number of halogens is 1. The number of rotatable bonds is 5. The minimum Gasteiger partial charge on any atom is -0.545 e. The molecule has 2 aromatic rings. The summed E-state index contributed by atoms with van der Waals surface area (Å²) in [5.74, 6) is -0.0562. The molecule has 4 heteroatoms. The zero-order chi connectivity index (χ0) is 15.4. The maximum absolute atomic E-state index is 11.1. The van der Waals surface area contributed by atoms with Crippen molar-refractivity contribution < 1.29 is 14.6 Å². The Morgan fingerprint density at radius 3 is 2.67 bits per heavy atom. The van der Waals surface area contributed by atoms with Crippen molar-refractivity contribution in [3.8, 4) is 5.75 Å². The molecule has 0 saturated carbocycles. The topological polar surface area (TPSA) is 49.4 Å². The first kappa shape index (κ1) is 15.6. The van der Waals surface area contributed by atoms with E-state index in [0.717, 1.165) is 5.75 Å². The van der Waals surface area contributed by atoms with Crippen LogP contribution in [0.2, 0.25) is 0 Å². The smallest absolute Gasteiger partial charge is 0.120 e. The summed E-state index contributed by atoms with van der Waals surface area (Å²) in [6.07, 6.45) is 0. The van der Waals surface area contributed by atoms with Crippen LogP contribution in [0.25, 0.3) is 0 Å². The van der Waals surface area contributed by atoms with E-state index in [-0.39, 0.29) is 12.2 Å². The maximum atomic E-state index is 11.1. The van der Waals surface area contributed by atoms with E-state index in [9.17, 15) is 9.90 Å². The lowest BCUT2D eigenvalue weighted by atomic mass is 10.0. The van der Waals surface area contributed by atoms with Crippen LogP contribution in [0, 0.1) is 0 Å². The minimum atomic E-state index is -1.20. The van der Waals surface area contributed by atoms with E-state index in [2.05, 4.69) is 29.8 Å². The van der Waals surface area contributed by atoms with Gasteiger partial charge in [0.1, 0.15) is 12.4 Å². The van der Waals surface area contributed by atoms with Crippen LogP contribution in [-0.2, 0) is 6.61 Å². The zero-order valence-corrected chi connectivity index (χ0v) is 13.5. The summed E-state index contributed by atoms with van der Waals surface area (Å²) < 4.78 is 6.41. The van der Waals surface area contributed by atoms with Crippen molar-refractivity contribution in [3.05, 3.63) is 63.6 Å². The first-order chi connectivity index (χ1) is 9.97. The predicted octanol–water partition coefficient (Wildman–Crippen LogP) is 3.52. The van der Waals surface area contributed by atoms with Gasteiger partial charge >= 0.3 is 0 Å². The number of hydrogen-bond acceptors (Lipinski definition) is 3. The summed E-state index contributed by atoms with van der Waals surface area (Å²) in [5.41, 5.74) is 1.92. The molecule has 0 radical (unpaired) electrons. The molecule has 0 spiro atoms. The van der Waals surface area contributed by atoms with E-state index >= 15 is 0 Å². The van der Waals surface area contributed by atoms with E-state index in [1.54, 1.807) is 12.1 Å². The number of carbonyl (C=O) groups excluding carboxylic acids is 1. The van der Waals surface area contributed by atoms with Gasteiger partial charge in [-0.1, -0.05) is 48.0 Å². The summed E-state index contributed by atoms with van der Waals surface area (Å²) in [6, 6.07) is 12.9. The van der Waals surface area contributed by atoms with Gasteiger partial charge in [0, 0.05) is 10.0 Å². The number of carboxylic acids is 1. The number of benzene rings is 2. The number of ether oxygens (including phenoxy) is 1. The maximum Gasteiger partial charge on any atom is 0.120 e. The van der Waals surface area contributed by atoms with E-state index < -0.39 is 5.97 Å². The third-order valence-corrected chi connectivity index (χ3v) is 3.70. The van der Waals surface area contributed by atoms with E-state index in [1.807, 2.05) is 24.3 Å². The Kier molecular flexibility index (Phi) is 5.02. The summed E-state index contributed by atoms with van der Waals surface area (Å²) in [5, 5.41) is 11.1. The quantitative estimate of drug-likeness (QED) is 0.831. The van der Waals surface area contributed by atoms with Crippen LogP contribution >= 0.6 is 15.9 Å². The molecule has 0 saturated heterocycles. The number of carbonyl (C=O) groups is 1. The molecule has 21 heavy (non-hydrogen) atoms. The normalized spacial score (nSPS) is 10.7. The molecule has 0 bridgehead atoms. The molecule has 0 unspecified atom stereocenters. The largest absolute Gasteiger partial charge is 0.545 e. The van der Waals surface area contributed by atoms with Gasteiger partial charge in [0.05, 0.1) is 5.97 Å². The molecule has 0 aliphatic rings. The summed E-state index contributed by atoms with van der Waals surface area (Å²) in [7, 11) is 0. The van der Waals surface area contributed by atoms with Gasteiger partial charge in [0.2, 0.25) is 0 Å². The summed E-state index contributed by atoms with van der Waals surface area (Å²) in [4.78, 5) is 11.1. The molecule has 3 nitrogen and oxygen atoms in total. The van der Waals surface area contributed by atoms with Gasteiger partial charge < -0.3 is 14.6 Å². The van der Waals surface area contributed by atoms with Crippen LogP contribution in [0.15, 0.2) is 46.9 Å². The van der Waals surface area contributed by atoms with Crippen molar-refractivity contribution in [1.29, 1.82) is 0 Å². The first-order valence-electron chi connectivity index (χ1n) is 6.70. The van der Waals surface area contributed by atoms with Crippen molar-refractivity contribution in [1.82, 2.24) is 0 Å². The second-order valence-corrected chi connectivity index (χ2v) is 6.02. The third kappa shape index (κ3) is 4.08. The predicted molar refractivity (Wildman–Crippen MR) is 83.3 cm³/mol. The van der Waals surface area contributed by atoms with Gasteiger partial charge in [-0.05, 0) is 41.3 Å². The van der Waals surface area contributed by atoms with Crippen molar-refractivity contribution in [2.45, 2.75) is 26.4 Å². The van der Waals surface area contributed by atoms with Crippen LogP contribution in [0.4, 0.5) is 0 Å². The third-order valence-electron chi connectivity index (χ3n) is 3.21. The molecule has 2 rings (SSSR count). The molecular formula is C17H16BrO3-. The summed E-state index contributed by atoms with van der Waals surface area (Å²) >= 11 is 3.25. The number of hydrogen-bond donors (Lipinski definition) is 0. The Labute approximate surface area is 132 Å². The van der Waals surface area contributed by atoms with Crippen LogP contribution in [-0.4, -0.2) is 5.97 Å². The second-order valence-electron chi connectivity index (χ2n) is 5.10. The first-order valence-corrected chi connectivity index (χ1v) is 7.49. The molecule has 0 N–H and O–H groups in total. The van der Waals surface area contributed by atoms with Crippen LogP contribution in [0.3, 0.4) is 0 Å². The average Bonchev–Trinajstić information content (AvgIpc) is 2.46. The molecule has 0 aliphatic carbocycles. The van der Waals surface area contributed by atoms with Gasteiger partial charge in [-0.3, -0.25) is 0 Å². The van der Waals surface area contributed by atoms with Crippen LogP contribution in [0.1, 0.15) is 41.3 Å².